The standard InChI is InChI=1S/C23H27NO4S/c1-17-3-9-20(10-4-17)29(25)21-22(11-13-23(14-12-22)27-15-16-28-23)24(21)18-5-7-19(26-2)8-6-18/h3-10,21H,11-16H2,1-2H3. The van der Waals surface area contributed by atoms with Gasteiger partial charge in [0.1, 0.15) is 11.1 Å². The van der Waals surface area contributed by atoms with E-state index in [1.807, 2.05) is 36.4 Å². The van der Waals surface area contributed by atoms with E-state index >= 15 is 0 Å². The molecule has 5 rings (SSSR count). The van der Waals surface area contributed by atoms with E-state index in [0.29, 0.717) is 13.2 Å². The lowest BCUT2D eigenvalue weighted by Crippen LogP contribution is -2.40. The fraction of sp³-hybridized carbons (Fsp3) is 0.478. The highest BCUT2D eigenvalue weighted by Crippen LogP contribution is 2.58. The molecule has 5 nitrogen and oxygen atoms in total. The van der Waals surface area contributed by atoms with E-state index < -0.39 is 16.6 Å². The van der Waals surface area contributed by atoms with Crippen LogP contribution in [0.15, 0.2) is 53.4 Å². The van der Waals surface area contributed by atoms with Gasteiger partial charge >= 0.3 is 0 Å². The number of hydrogen-bond acceptors (Lipinski definition) is 5. The van der Waals surface area contributed by atoms with Gasteiger partial charge in [-0.15, -0.1) is 0 Å². The molecule has 2 unspecified atom stereocenters. The highest BCUT2D eigenvalue weighted by Gasteiger charge is 2.68. The number of methoxy groups -OCH3 is 1. The summed E-state index contributed by atoms with van der Waals surface area (Å²) in [5, 5.41) is -0.0302. The summed E-state index contributed by atoms with van der Waals surface area (Å²) in [5.74, 6) is 0.409. The summed E-state index contributed by atoms with van der Waals surface area (Å²) in [6.45, 7) is 3.40. The number of benzene rings is 2. The summed E-state index contributed by atoms with van der Waals surface area (Å²) in [5.41, 5.74) is 2.17. The third-order valence-electron chi connectivity index (χ3n) is 6.60. The van der Waals surface area contributed by atoms with Crippen LogP contribution in [0.5, 0.6) is 5.75 Å². The van der Waals surface area contributed by atoms with Crippen LogP contribution in [0, 0.1) is 6.92 Å². The summed E-state index contributed by atoms with van der Waals surface area (Å²) < 4.78 is 30.8. The van der Waals surface area contributed by atoms with Crippen molar-refractivity contribution in [1.29, 1.82) is 0 Å². The molecule has 29 heavy (non-hydrogen) atoms. The molecular weight excluding hydrogens is 386 g/mol. The molecule has 2 aromatic rings. The molecule has 3 fully saturated rings. The Morgan fingerprint density at radius 2 is 1.59 bits per heavy atom. The van der Waals surface area contributed by atoms with Crippen molar-refractivity contribution in [1.82, 2.24) is 0 Å². The second-order valence-electron chi connectivity index (χ2n) is 8.24. The Hall–Kier alpha value is -1.89. The molecule has 2 heterocycles. The molecule has 2 saturated heterocycles. The third-order valence-corrected chi connectivity index (χ3v) is 8.40. The van der Waals surface area contributed by atoms with E-state index in [4.69, 9.17) is 14.2 Å². The monoisotopic (exact) mass is 413 g/mol. The second-order valence-corrected chi connectivity index (χ2v) is 9.75. The first kappa shape index (κ1) is 19.1. The molecule has 0 N–H and O–H groups in total. The third kappa shape index (κ3) is 3.18. The molecule has 0 amide bonds. The number of nitrogens with zero attached hydrogens (tertiary/aromatic N) is 1. The van der Waals surface area contributed by atoms with E-state index in [1.165, 1.54) is 5.56 Å². The Bertz CT molecular complexity index is 895. The number of hydrogen-bond donors (Lipinski definition) is 0. The first-order valence-corrected chi connectivity index (χ1v) is 11.5. The second kappa shape index (κ2) is 7.11. The van der Waals surface area contributed by atoms with Crippen molar-refractivity contribution >= 4 is 16.5 Å². The highest BCUT2D eigenvalue weighted by atomic mass is 32.2. The molecular formula is C23H27NO4S. The Morgan fingerprint density at radius 1 is 0.966 bits per heavy atom. The van der Waals surface area contributed by atoms with Crippen molar-refractivity contribution in [2.75, 3.05) is 25.2 Å². The smallest absolute Gasteiger partial charge is 0.168 e. The average Bonchev–Trinajstić information content (AvgIpc) is 3.16. The van der Waals surface area contributed by atoms with Crippen LogP contribution in [0.3, 0.4) is 0 Å². The van der Waals surface area contributed by atoms with E-state index in [-0.39, 0.29) is 10.9 Å². The van der Waals surface area contributed by atoms with Crippen molar-refractivity contribution < 1.29 is 18.4 Å². The van der Waals surface area contributed by atoms with Gasteiger partial charge in [0.05, 0.1) is 36.7 Å². The Labute approximate surface area is 174 Å². The zero-order valence-electron chi connectivity index (χ0n) is 16.9. The lowest BCUT2D eigenvalue weighted by Gasteiger charge is -2.36. The van der Waals surface area contributed by atoms with Crippen LogP contribution in [-0.2, 0) is 20.3 Å². The van der Waals surface area contributed by atoms with Crippen LogP contribution < -0.4 is 9.64 Å². The number of rotatable bonds is 4. The minimum absolute atomic E-state index is 0.0302. The van der Waals surface area contributed by atoms with Gasteiger partial charge in [-0.1, -0.05) is 17.7 Å². The van der Waals surface area contributed by atoms with Gasteiger partial charge in [0.2, 0.25) is 0 Å². The number of ether oxygens (including phenoxy) is 3. The molecule has 154 valence electrons. The minimum atomic E-state index is -1.11. The lowest BCUT2D eigenvalue weighted by molar-refractivity contribution is -0.179. The van der Waals surface area contributed by atoms with E-state index in [1.54, 1.807) is 7.11 Å². The Kier molecular flexibility index (Phi) is 4.68. The van der Waals surface area contributed by atoms with Gasteiger partial charge in [0, 0.05) is 23.4 Å². The van der Waals surface area contributed by atoms with Crippen molar-refractivity contribution in [2.24, 2.45) is 0 Å². The van der Waals surface area contributed by atoms with Crippen molar-refractivity contribution in [3.63, 3.8) is 0 Å². The molecule has 0 radical (unpaired) electrons. The summed E-state index contributed by atoms with van der Waals surface area (Å²) in [6.07, 6.45) is 3.53. The summed E-state index contributed by atoms with van der Waals surface area (Å²) in [6, 6.07) is 16.2. The minimum Gasteiger partial charge on any atom is -0.497 e. The van der Waals surface area contributed by atoms with Crippen LogP contribution in [0.4, 0.5) is 5.69 Å². The van der Waals surface area contributed by atoms with Gasteiger partial charge in [-0.25, -0.2) is 0 Å². The summed E-state index contributed by atoms with van der Waals surface area (Å²) in [7, 11) is 0.565. The molecule has 1 aliphatic carbocycles. The molecule has 2 aromatic carbocycles. The zero-order valence-corrected chi connectivity index (χ0v) is 17.7. The van der Waals surface area contributed by atoms with Crippen LogP contribution >= 0.6 is 0 Å². The van der Waals surface area contributed by atoms with Crippen LogP contribution in [-0.4, -0.2) is 41.2 Å². The lowest BCUT2D eigenvalue weighted by atomic mass is 9.84. The number of anilines is 1. The SMILES string of the molecule is COc1ccc(N2C(S(=O)c3ccc(C)cc3)C23CCC2(CC3)OCCO2)cc1. The molecule has 2 aliphatic heterocycles. The van der Waals surface area contributed by atoms with Gasteiger partial charge < -0.3 is 19.1 Å². The summed E-state index contributed by atoms with van der Waals surface area (Å²) in [4.78, 5) is 3.24. The van der Waals surface area contributed by atoms with Crippen molar-refractivity contribution in [2.45, 2.75) is 54.2 Å². The molecule has 6 heteroatoms. The molecule has 3 aliphatic rings. The maximum atomic E-state index is 13.6. The normalized spacial score (nSPS) is 25.3. The molecule has 0 aromatic heterocycles. The maximum Gasteiger partial charge on any atom is 0.168 e. The fourth-order valence-electron chi connectivity index (χ4n) is 4.91. The van der Waals surface area contributed by atoms with E-state index in [9.17, 15) is 4.21 Å². The van der Waals surface area contributed by atoms with Crippen LogP contribution in [0.2, 0.25) is 0 Å². The van der Waals surface area contributed by atoms with Gasteiger partial charge in [0.15, 0.2) is 5.79 Å². The molecule has 2 atom stereocenters. The average molecular weight is 414 g/mol. The highest BCUT2D eigenvalue weighted by molar-refractivity contribution is 7.86. The van der Waals surface area contributed by atoms with Crippen LogP contribution in [0.25, 0.3) is 0 Å². The largest absolute Gasteiger partial charge is 0.497 e. The Balaban J connectivity index is 1.45. The predicted molar refractivity (Wildman–Crippen MR) is 113 cm³/mol. The fourth-order valence-corrected chi connectivity index (χ4v) is 6.78. The summed E-state index contributed by atoms with van der Waals surface area (Å²) >= 11 is 0. The van der Waals surface area contributed by atoms with Crippen LogP contribution in [0.1, 0.15) is 31.2 Å². The van der Waals surface area contributed by atoms with Crippen molar-refractivity contribution in [3.8, 4) is 5.75 Å². The van der Waals surface area contributed by atoms with Crippen molar-refractivity contribution in [3.05, 3.63) is 54.1 Å². The van der Waals surface area contributed by atoms with Gasteiger partial charge in [-0.05, 0) is 56.2 Å². The first-order chi connectivity index (χ1) is 14.1. The topological polar surface area (TPSA) is 47.8 Å². The van der Waals surface area contributed by atoms with Gasteiger partial charge in [-0.3, -0.25) is 4.21 Å². The Morgan fingerprint density at radius 3 is 2.17 bits per heavy atom. The van der Waals surface area contributed by atoms with E-state index in [0.717, 1.165) is 42.0 Å². The predicted octanol–water partition coefficient (Wildman–Crippen LogP) is 4.01. The quantitative estimate of drug-likeness (QED) is 0.709. The van der Waals surface area contributed by atoms with Gasteiger partial charge in [0.25, 0.3) is 0 Å². The van der Waals surface area contributed by atoms with E-state index in [2.05, 4.69) is 24.0 Å². The maximum absolute atomic E-state index is 13.6. The molecule has 1 saturated carbocycles. The zero-order chi connectivity index (χ0) is 20.1. The molecule has 2 spiro atoms. The molecule has 0 bridgehead atoms. The number of aryl methyl sites for hydroxylation is 1. The van der Waals surface area contributed by atoms with Gasteiger partial charge in [-0.2, -0.15) is 0 Å². The first-order valence-electron chi connectivity index (χ1n) is 10.3.